The van der Waals surface area contributed by atoms with E-state index in [9.17, 15) is 0 Å². The maximum Gasteiger partial charge on any atom is 0.224 e. The zero-order valence-electron chi connectivity index (χ0n) is 11.0. The van der Waals surface area contributed by atoms with Gasteiger partial charge in [0.05, 0.1) is 18.7 Å². The predicted molar refractivity (Wildman–Crippen MR) is 82.2 cm³/mol. The van der Waals surface area contributed by atoms with Gasteiger partial charge in [-0.1, -0.05) is 25.4 Å². The molecule has 100 valence electrons. The van der Waals surface area contributed by atoms with Gasteiger partial charge >= 0.3 is 0 Å². The number of benzene rings is 1. The molecule has 1 rings (SSSR count). The van der Waals surface area contributed by atoms with E-state index in [0.29, 0.717) is 27.7 Å². The molecule has 0 fully saturated rings. The number of methoxy groups -OCH3 is 1. The fourth-order valence-electron chi connectivity index (χ4n) is 1.48. The number of rotatable bonds is 4. The van der Waals surface area contributed by atoms with E-state index in [4.69, 9.17) is 33.3 Å². The summed E-state index contributed by atoms with van der Waals surface area (Å²) in [6.45, 7) is 6.73. The van der Waals surface area contributed by atoms with E-state index in [0.717, 1.165) is 10.5 Å². The first-order valence-electron chi connectivity index (χ1n) is 5.71. The lowest BCUT2D eigenvalue weighted by Gasteiger charge is -2.15. The number of ether oxygens (including phenoxy) is 2. The van der Waals surface area contributed by atoms with Gasteiger partial charge < -0.3 is 9.47 Å². The molecule has 0 spiro atoms. The molecule has 18 heavy (non-hydrogen) atoms. The van der Waals surface area contributed by atoms with E-state index in [-0.39, 0.29) is 0 Å². The van der Waals surface area contributed by atoms with E-state index in [1.807, 2.05) is 19.1 Å². The molecule has 0 aromatic heterocycles. The number of hydrogen-bond acceptors (Lipinski definition) is 4. The second-order valence-corrected chi connectivity index (χ2v) is 6.02. The van der Waals surface area contributed by atoms with Crippen molar-refractivity contribution in [2.75, 3.05) is 13.7 Å². The van der Waals surface area contributed by atoms with Gasteiger partial charge in [-0.3, -0.25) is 0 Å². The highest BCUT2D eigenvalue weighted by Crippen LogP contribution is 2.37. The standard InChI is InChI=1S/C13H17ClO2S2/c1-5-16-13(17)18-12-7-10(14)11(15-4)6-9(12)8(2)3/h6-8H,5H2,1-4H3. The first-order valence-corrected chi connectivity index (χ1v) is 7.31. The van der Waals surface area contributed by atoms with Crippen LogP contribution in [0.2, 0.25) is 5.02 Å². The van der Waals surface area contributed by atoms with Gasteiger partial charge in [0.2, 0.25) is 4.38 Å². The molecule has 0 aliphatic rings. The molecule has 0 amide bonds. The molecule has 0 aliphatic carbocycles. The van der Waals surface area contributed by atoms with E-state index in [2.05, 4.69) is 13.8 Å². The van der Waals surface area contributed by atoms with Crippen LogP contribution in [0.25, 0.3) is 0 Å². The van der Waals surface area contributed by atoms with Crippen molar-refractivity contribution in [2.45, 2.75) is 31.6 Å². The summed E-state index contributed by atoms with van der Waals surface area (Å²) in [6.07, 6.45) is 0. The van der Waals surface area contributed by atoms with Crippen molar-refractivity contribution in [2.24, 2.45) is 0 Å². The average Bonchev–Trinajstić information content (AvgIpc) is 2.29. The molecular formula is C13H17ClO2S2. The lowest BCUT2D eigenvalue weighted by Crippen LogP contribution is -1.99. The Hall–Kier alpha value is -0.450. The molecule has 0 N–H and O–H groups in total. The van der Waals surface area contributed by atoms with Crippen LogP contribution >= 0.6 is 35.6 Å². The molecule has 2 nitrogen and oxygen atoms in total. The number of thiocarbonyl (C=S) groups is 1. The van der Waals surface area contributed by atoms with Crippen molar-refractivity contribution >= 4 is 40.0 Å². The van der Waals surface area contributed by atoms with Gasteiger partial charge in [-0.05, 0) is 54.5 Å². The molecule has 0 atom stereocenters. The molecule has 0 saturated heterocycles. The summed E-state index contributed by atoms with van der Waals surface area (Å²) in [7, 11) is 1.61. The number of thioether (sulfide) groups is 1. The van der Waals surface area contributed by atoms with E-state index in [1.54, 1.807) is 7.11 Å². The molecule has 0 heterocycles. The van der Waals surface area contributed by atoms with Crippen LogP contribution in [0.15, 0.2) is 17.0 Å². The SMILES string of the molecule is CCOC(=S)Sc1cc(Cl)c(OC)cc1C(C)C. The maximum absolute atomic E-state index is 6.14. The molecule has 0 saturated carbocycles. The molecule has 0 bridgehead atoms. The first-order chi connectivity index (χ1) is 8.49. The molecule has 1 aromatic rings. The molecule has 0 radical (unpaired) electrons. The minimum Gasteiger partial charge on any atom is -0.495 e. The third-order valence-electron chi connectivity index (χ3n) is 2.36. The smallest absolute Gasteiger partial charge is 0.224 e. The van der Waals surface area contributed by atoms with Gasteiger partial charge in [0, 0.05) is 4.90 Å². The van der Waals surface area contributed by atoms with Crippen LogP contribution < -0.4 is 4.74 Å². The average molecular weight is 305 g/mol. The Labute approximate surface area is 123 Å². The maximum atomic E-state index is 6.14. The fraction of sp³-hybridized carbons (Fsp3) is 0.462. The predicted octanol–water partition coefficient (Wildman–Crippen LogP) is 4.89. The van der Waals surface area contributed by atoms with Crippen LogP contribution in [0, 0.1) is 0 Å². The van der Waals surface area contributed by atoms with Crippen molar-refractivity contribution in [3.63, 3.8) is 0 Å². The van der Waals surface area contributed by atoms with Crippen LogP contribution in [0.3, 0.4) is 0 Å². The van der Waals surface area contributed by atoms with Gasteiger partial charge in [-0.15, -0.1) is 0 Å². The van der Waals surface area contributed by atoms with Gasteiger partial charge in [-0.2, -0.15) is 0 Å². The van der Waals surface area contributed by atoms with Crippen molar-refractivity contribution in [3.05, 3.63) is 22.7 Å². The van der Waals surface area contributed by atoms with Crippen molar-refractivity contribution in [3.8, 4) is 5.75 Å². The zero-order chi connectivity index (χ0) is 13.7. The zero-order valence-corrected chi connectivity index (χ0v) is 13.3. The summed E-state index contributed by atoms with van der Waals surface area (Å²) < 4.78 is 11.0. The van der Waals surface area contributed by atoms with Crippen LogP contribution in [-0.4, -0.2) is 18.1 Å². The highest BCUT2D eigenvalue weighted by atomic mass is 35.5. The third-order valence-corrected chi connectivity index (χ3v) is 3.88. The van der Waals surface area contributed by atoms with Gasteiger partial charge in [0.1, 0.15) is 5.75 Å². The first kappa shape index (κ1) is 15.6. The summed E-state index contributed by atoms with van der Waals surface area (Å²) in [5, 5.41) is 0.587. The van der Waals surface area contributed by atoms with Crippen LogP contribution in [-0.2, 0) is 4.74 Å². The van der Waals surface area contributed by atoms with Crippen LogP contribution in [0.4, 0.5) is 0 Å². The Morgan fingerprint density at radius 3 is 2.61 bits per heavy atom. The van der Waals surface area contributed by atoms with Crippen LogP contribution in [0.1, 0.15) is 32.3 Å². The normalized spacial score (nSPS) is 10.6. The summed E-state index contributed by atoms with van der Waals surface area (Å²) in [4.78, 5) is 1.02. The Kier molecular flexibility index (Phi) is 6.26. The summed E-state index contributed by atoms with van der Waals surface area (Å²) in [6, 6.07) is 3.84. The third kappa shape index (κ3) is 4.04. The fourth-order valence-corrected chi connectivity index (χ4v) is 3.12. The molecule has 1 aromatic carbocycles. The lowest BCUT2D eigenvalue weighted by atomic mass is 10.0. The van der Waals surface area contributed by atoms with Gasteiger partial charge in [0.25, 0.3) is 0 Å². The Balaban J connectivity index is 3.09. The number of hydrogen-bond donors (Lipinski definition) is 0. The van der Waals surface area contributed by atoms with E-state index in [1.165, 1.54) is 11.8 Å². The van der Waals surface area contributed by atoms with Crippen LogP contribution in [0.5, 0.6) is 5.75 Å². The largest absolute Gasteiger partial charge is 0.495 e. The molecule has 0 aliphatic heterocycles. The quantitative estimate of drug-likeness (QED) is 0.582. The topological polar surface area (TPSA) is 18.5 Å². The Morgan fingerprint density at radius 2 is 2.11 bits per heavy atom. The highest BCUT2D eigenvalue weighted by molar-refractivity contribution is 8.22. The molecule has 0 unspecified atom stereocenters. The second kappa shape index (κ2) is 7.22. The Bertz CT molecular complexity index is 433. The second-order valence-electron chi connectivity index (χ2n) is 3.96. The minimum atomic E-state index is 0.364. The van der Waals surface area contributed by atoms with Crippen molar-refractivity contribution in [1.82, 2.24) is 0 Å². The number of halogens is 1. The van der Waals surface area contributed by atoms with Gasteiger partial charge in [0.15, 0.2) is 0 Å². The summed E-state index contributed by atoms with van der Waals surface area (Å²) in [5.74, 6) is 1.05. The van der Waals surface area contributed by atoms with E-state index >= 15 is 0 Å². The summed E-state index contributed by atoms with van der Waals surface area (Å²) in [5.41, 5.74) is 1.16. The van der Waals surface area contributed by atoms with Gasteiger partial charge in [-0.25, -0.2) is 0 Å². The minimum absolute atomic E-state index is 0.364. The Morgan fingerprint density at radius 1 is 1.44 bits per heavy atom. The van der Waals surface area contributed by atoms with Crippen molar-refractivity contribution in [1.29, 1.82) is 0 Å². The highest BCUT2D eigenvalue weighted by Gasteiger charge is 2.14. The molecule has 5 heteroatoms. The molecular weight excluding hydrogens is 288 g/mol. The van der Waals surface area contributed by atoms with Crippen molar-refractivity contribution < 1.29 is 9.47 Å². The van der Waals surface area contributed by atoms with E-state index < -0.39 is 0 Å². The summed E-state index contributed by atoms with van der Waals surface area (Å²) >= 11 is 12.7. The monoisotopic (exact) mass is 304 g/mol. The lowest BCUT2D eigenvalue weighted by molar-refractivity contribution is 0.346.